The van der Waals surface area contributed by atoms with Crippen LogP contribution in [-0.2, 0) is 0 Å². The molecular weight excluding hydrogens is 373 g/mol. The van der Waals surface area contributed by atoms with E-state index in [1.807, 2.05) is 40.8 Å². The SMILES string of the molecule is O=[N+]([O-])c1ccc2cc(Br)ccc2c1I. The van der Waals surface area contributed by atoms with Crippen molar-refractivity contribution in [3.8, 4) is 0 Å². The molecule has 0 amide bonds. The molecule has 2 aromatic carbocycles. The van der Waals surface area contributed by atoms with Gasteiger partial charge in [-0.3, -0.25) is 10.1 Å². The third kappa shape index (κ3) is 1.98. The van der Waals surface area contributed by atoms with Crippen LogP contribution < -0.4 is 0 Å². The molecule has 0 radical (unpaired) electrons. The van der Waals surface area contributed by atoms with Crippen LogP contribution in [0.25, 0.3) is 10.8 Å². The van der Waals surface area contributed by atoms with Gasteiger partial charge in [-0.15, -0.1) is 0 Å². The summed E-state index contributed by atoms with van der Waals surface area (Å²) in [5, 5.41) is 12.6. The second-order valence-electron chi connectivity index (χ2n) is 3.02. The topological polar surface area (TPSA) is 43.1 Å². The number of benzene rings is 2. The number of hydrogen-bond donors (Lipinski definition) is 0. The molecule has 2 rings (SSSR count). The van der Waals surface area contributed by atoms with E-state index in [2.05, 4.69) is 15.9 Å². The Labute approximate surface area is 108 Å². The average Bonchev–Trinajstić information content (AvgIpc) is 2.17. The third-order valence-electron chi connectivity index (χ3n) is 2.09. The molecule has 0 spiro atoms. The second kappa shape index (κ2) is 4.05. The Bertz CT molecular complexity index is 556. The van der Waals surface area contributed by atoms with E-state index < -0.39 is 0 Å². The van der Waals surface area contributed by atoms with Gasteiger partial charge in [0.1, 0.15) is 0 Å². The largest absolute Gasteiger partial charge is 0.283 e. The first kappa shape index (κ1) is 10.8. The second-order valence-corrected chi connectivity index (χ2v) is 5.02. The number of nitro groups is 1. The molecule has 2 aromatic rings. The Balaban J connectivity index is 2.80. The van der Waals surface area contributed by atoms with Crippen molar-refractivity contribution in [2.24, 2.45) is 0 Å². The van der Waals surface area contributed by atoms with E-state index in [1.165, 1.54) is 6.07 Å². The third-order valence-corrected chi connectivity index (χ3v) is 3.72. The van der Waals surface area contributed by atoms with Crippen molar-refractivity contribution in [2.45, 2.75) is 0 Å². The summed E-state index contributed by atoms with van der Waals surface area (Å²) >= 11 is 5.38. The predicted octanol–water partition coefficient (Wildman–Crippen LogP) is 4.12. The van der Waals surface area contributed by atoms with Crippen molar-refractivity contribution in [3.05, 3.63) is 48.5 Å². The van der Waals surface area contributed by atoms with Gasteiger partial charge in [0, 0.05) is 15.9 Å². The number of fused-ring (bicyclic) bond motifs is 1. The Morgan fingerprint density at radius 3 is 2.67 bits per heavy atom. The molecule has 0 aliphatic heterocycles. The maximum Gasteiger partial charge on any atom is 0.283 e. The molecule has 0 N–H and O–H groups in total. The molecule has 5 heteroatoms. The summed E-state index contributed by atoms with van der Waals surface area (Å²) < 4.78 is 1.65. The number of rotatable bonds is 1. The summed E-state index contributed by atoms with van der Waals surface area (Å²) in [6.07, 6.45) is 0. The molecule has 76 valence electrons. The van der Waals surface area contributed by atoms with Crippen LogP contribution in [0.1, 0.15) is 0 Å². The summed E-state index contributed by atoms with van der Waals surface area (Å²) in [6.45, 7) is 0. The standard InChI is InChI=1S/C10H5BrINO2/c11-7-2-3-8-6(5-7)1-4-9(10(8)12)13(14)15/h1-5H. The molecule has 0 atom stereocenters. The minimum atomic E-state index is -0.358. The van der Waals surface area contributed by atoms with Crippen LogP contribution in [0.4, 0.5) is 5.69 Å². The smallest absolute Gasteiger partial charge is 0.258 e. The molecule has 0 saturated carbocycles. The highest BCUT2D eigenvalue weighted by molar-refractivity contribution is 14.1. The predicted molar refractivity (Wildman–Crippen MR) is 71.0 cm³/mol. The van der Waals surface area contributed by atoms with Crippen molar-refractivity contribution < 1.29 is 4.92 Å². The summed E-state index contributed by atoms with van der Waals surface area (Å²) in [5.41, 5.74) is 0.158. The van der Waals surface area contributed by atoms with Crippen molar-refractivity contribution in [3.63, 3.8) is 0 Å². The van der Waals surface area contributed by atoms with Crippen LogP contribution in [0, 0.1) is 13.7 Å². The molecular formula is C10H5BrINO2. The first-order valence-corrected chi connectivity index (χ1v) is 5.99. The van der Waals surface area contributed by atoms with Gasteiger partial charge in [0.2, 0.25) is 0 Å². The lowest BCUT2D eigenvalue weighted by Crippen LogP contribution is -1.91. The molecule has 0 aliphatic rings. The zero-order valence-corrected chi connectivity index (χ0v) is 11.1. The van der Waals surface area contributed by atoms with E-state index in [1.54, 1.807) is 6.07 Å². The van der Waals surface area contributed by atoms with Gasteiger partial charge in [-0.1, -0.05) is 22.0 Å². The van der Waals surface area contributed by atoms with Crippen molar-refractivity contribution in [1.82, 2.24) is 0 Å². The summed E-state index contributed by atoms with van der Waals surface area (Å²) in [7, 11) is 0. The van der Waals surface area contributed by atoms with E-state index >= 15 is 0 Å². The molecule has 0 heterocycles. The zero-order chi connectivity index (χ0) is 11.0. The molecule has 0 saturated heterocycles. The van der Waals surface area contributed by atoms with Crippen LogP contribution in [-0.4, -0.2) is 4.92 Å². The van der Waals surface area contributed by atoms with Gasteiger partial charge in [0.25, 0.3) is 5.69 Å². The average molecular weight is 378 g/mol. The van der Waals surface area contributed by atoms with Gasteiger partial charge in [0.15, 0.2) is 0 Å². The monoisotopic (exact) mass is 377 g/mol. The van der Waals surface area contributed by atoms with E-state index in [9.17, 15) is 10.1 Å². The fraction of sp³-hybridized carbons (Fsp3) is 0. The van der Waals surface area contributed by atoms with Gasteiger partial charge >= 0.3 is 0 Å². The van der Waals surface area contributed by atoms with Crippen LogP contribution in [0.3, 0.4) is 0 Å². The Kier molecular flexibility index (Phi) is 2.92. The molecule has 0 fully saturated rings. The summed E-state index contributed by atoms with van der Waals surface area (Å²) in [6, 6.07) is 9.01. The maximum absolute atomic E-state index is 10.7. The summed E-state index contributed by atoms with van der Waals surface area (Å²) in [4.78, 5) is 10.4. The van der Waals surface area contributed by atoms with Crippen molar-refractivity contribution in [2.75, 3.05) is 0 Å². The summed E-state index contributed by atoms with van der Waals surface area (Å²) in [5.74, 6) is 0. The van der Waals surface area contributed by atoms with Crippen LogP contribution in [0.5, 0.6) is 0 Å². The highest BCUT2D eigenvalue weighted by Gasteiger charge is 2.13. The van der Waals surface area contributed by atoms with E-state index in [4.69, 9.17) is 0 Å². The first-order chi connectivity index (χ1) is 7.09. The van der Waals surface area contributed by atoms with Gasteiger partial charge < -0.3 is 0 Å². The lowest BCUT2D eigenvalue weighted by atomic mass is 10.1. The lowest BCUT2D eigenvalue weighted by Gasteiger charge is -2.02. The van der Waals surface area contributed by atoms with E-state index in [0.717, 1.165) is 15.2 Å². The van der Waals surface area contributed by atoms with Crippen molar-refractivity contribution >= 4 is 55.0 Å². The minimum absolute atomic E-state index is 0.158. The van der Waals surface area contributed by atoms with Gasteiger partial charge in [-0.05, 0) is 46.2 Å². The maximum atomic E-state index is 10.7. The Morgan fingerprint density at radius 1 is 1.27 bits per heavy atom. The van der Waals surface area contributed by atoms with Gasteiger partial charge in [-0.2, -0.15) is 0 Å². The molecule has 15 heavy (non-hydrogen) atoms. The first-order valence-electron chi connectivity index (χ1n) is 4.12. The molecule has 0 bridgehead atoms. The highest BCUT2D eigenvalue weighted by atomic mass is 127. The zero-order valence-electron chi connectivity index (χ0n) is 7.41. The van der Waals surface area contributed by atoms with Crippen LogP contribution >= 0.6 is 38.5 Å². The molecule has 0 aliphatic carbocycles. The quantitative estimate of drug-likeness (QED) is 0.426. The number of hydrogen-bond acceptors (Lipinski definition) is 2. The number of halogens is 2. The van der Waals surface area contributed by atoms with Gasteiger partial charge in [0.05, 0.1) is 8.49 Å². The van der Waals surface area contributed by atoms with Crippen LogP contribution in [0.2, 0.25) is 0 Å². The molecule has 0 aromatic heterocycles. The fourth-order valence-corrected chi connectivity index (χ4v) is 2.64. The number of nitro benzene ring substituents is 1. The fourth-order valence-electron chi connectivity index (χ4n) is 1.39. The van der Waals surface area contributed by atoms with Crippen molar-refractivity contribution in [1.29, 1.82) is 0 Å². The van der Waals surface area contributed by atoms with E-state index in [-0.39, 0.29) is 10.6 Å². The molecule has 0 unspecified atom stereocenters. The minimum Gasteiger partial charge on any atom is -0.258 e. The normalized spacial score (nSPS) is 10.5. The van der Waals surface area contributed by atoms with Gasteiger partial charge in [-0.25, -0.2) is 0 Å². The Hall–Kier alpha value is -0.690. The highest BCUT2D eigenvalue weighted by Crippen LogP contribution is 2.30. The molecule has 3 nitrogen and oxygen atoms in total. The number of nitrogens with zero attached hydrogens (tertiary/aromatic N) is 1. The van der Waals surface area contributed by atoms with E-state index in [0.29, 0.717) is 3.57 Å². The Morgan fingerprint density at radius 2 is 2.00 bits per heavy atom. The lowest BCUT2D eigenvalue weighted by molar-refractivity contribution is -0.385. The van der Waals surface area contributed by atoms with Crippen LogP contribution in [0.15, 0.2) is 34.8 Å².